The van der Waals surface area contributed by atoms with E-state index in [2.05, 4.69) is 10.6 Å². The number of aryl methyl sites for hydroxylation is 1. The number of rotatable bonds is 6. The van der Waals surface area contributed by atoms with Gasteiger partial charge in [-0.05, 0) is 48.9 Å². The quantitative estimate of drug-likeness (QED) is 0.314. The van der Waals surface area contributed by atoms with Crippen molar-refractivity contribution in [3.63, 3.8) is 0 Å². The summed E-state index contributed by atoms with van der Waals surface area (Å²) in [4.78, 5) is 12.1. The maximum atomic E-state index is 13.7. The van der Waals surface area contributed by atoms with Crippen LogP contribution in [-0.2, 0) is 0 Å². The van der Waals surface area contributed by atoms with E-state index in [4.69, 9.17) is 4.74 Å². The van der Waals surface area contributed by atoms with Crippen LogP contribution in [0.5, 0.6) is 11.5 Å². The molecule has 3 N–H and O–H groups in total. The molecule has 0 heterocycles. The fourth-order valence-corrected chi connectivity index (χ4v) is 2.56. The molecule has 1 amide bonds. The van der Waals surface area contributed by atoms with E-state index in [0.717, 1.165) is 11.6 Å². The third-order valence-corrected chi connectivity index (χ3v) is 4.03. The van der Waals surface area contributed by atoms with Gasteiger partial charge in [0.15, 0.2) is 24.2 Å². The number of anilines is 2. The number of carbonyl (C=O) groups excluding carboxylic acids is 1. The molecule has 0 fully saturated rings. The Hall–Kier alpha value is -3.68. The Bertz CT molecular complexity index is 1060. The molecule has 3 aromatic rings. The van der Waals surface area contributed by atoms with Gasteiger partial charge >= 0.3 is 0 Å². The monoisotopic (exact) mass is 402 g/mol. The minimum Gasteiger partial charge on any atom is -0.506 e. The molecule has 0 bridgehead atoms. The first kappa shape index (κ1) is 20.1. The van der Waals surface area contributed by atoms with Crippen molar-refractivity contribution in [2.24, 2.45) is 0 Å². The number of ether oxygens (including phenoxy) is 1. The summed E-state index contributed by atoms with van der Waals surface area (Å²) in [6.07, 6.45) is 0. The fourth-order valence-electron chi connectivity index (χ4n) is 2.56. The number of hydrogen-bond donors (Lipinski definition) is 3. The highest BCUT2D eigenvalue weighted by molar-refractivity contribution is 6.04. The molecule has 150 valence electrons. The van der Waals surface area contributed by atoms with E-state index < -0.39 is 28.9 Å². The van der Waals surface area contributed by atoms with Crippen LogP contribution in [0.3, 0.4) is 0 Å². The van der Waals surface area contributed by atoms with Crippen molar-refractivity contribution in [2.75, 3.05) is 17.4 Å². The van der Waals surface area contributed by atoms with Crippen LogP contribution in [-0.4, -0.2) is 17.7 Å². The zero-order valence-electron chi connectivity index (χ0n) is 15.3. The van der Waals surface area contributed by atoms with Crippen molar-refractivity contribution < 1.29 is 27.8 Å². The van der Waals surface area contributed by atoms with E-state index in [1.54, 1.807) is 6.07 Å². The van der Waals surface area contributed by atoms with E-state index >= 15 is 0 Å². The van der Waals surface area contributed by atoms with Crippen molar-refractivity contribution in [2.45, 2.75) is 6.92 Å². The minimum atomic E-state index is -1.73. The van der Waals surface area contributed by atoms with Crippen LogP contribution in [0, 0.1) is 24.4 Å². The number of halogens is 3. The van der Waals surface area contributed by atoms with Crippen LogP contribution in [0.2, 0.25) is 0 Å². The lowest BCUT2D eigenvalue weighted by Gasteiger charge is -2.12. The SMILES string of the molecule is Cc1cccc(OCNc2ccc(NC(=O)c3ccc(F)c(F)c3F)cc2O)c1. The molecule has 3 aromatic carbocycles. The molecule has 8 heteroatoms. The van der Waals surface area contributed by atoms with Gasteiger partial charge in [-0.2, -0.15) is 0 Å². The summed E-state index contributed by atoms with van der Waals surface area (Å²) in [7, 11) is 0. The van der Waals surface area contributed by atoms with Gasteiger partial charge in [0, 0.05) is 11.8 Å². The van der Waals surface area contributed by atoms with Gasteiger partial charge in [0.2, 0.25) is 0 Å². The third-order valence-electron chi connectivity index (χ3n) is 4.03. The standard InChI is InChI=1S/C21H17F3N2O3/c1-12-3-2-4-14(9-12)29-11-25-17-8-5-13(10-18(17)27)26-21(28)15-6-7-16(22)20(24)19(15)23/h2-10,25,27H,11H2,1H3,(H,26,28). The van der Waals surface area contributed by atoms with E-state index in [1.165, 1.54) is 18.2 Å². The number of amides is 1. The van der Waals surface area contributed by atoms with Crippen molar-refractivity contribution in [3.8, 4) is 11.5 Å². The van der Waals surface area contributed by atoms with Gasteiger partial charge in [0.25, 0.3) is 5.91 Å². The third kappa shape index (κ3) is 4.78. The predicted molar refractivity (Wildman–Crippen MR) is 103 cm³/mol. The molecule has 0 radical (unpaired) electrons. The van der Waals surface area contributed by atoms with Gasteiger partial charge in [-0.3, -0.25) is 4.79 Å². The Kier molecular flexibility index (Phi) is 5.92. The van der Waals surface area contributed by atoms with Crippen LogP contribution in [0.15, 0.2) is 54.6 Å². The highest BCUT2D eigenvalue weighted by atomic mass is 19.2. The lowest BCUT2D eigenvalue weighted by atomic mass is 10.1. The molecule has 0 unspecified atom stereocenters. The second-order valence-electron chi connectivity index (χ2n) is 6.19. The van der Waals surface area contributed by atoms with Gasteiger partial charge in [-0.1, -0.05) is 12.1 Å². The molecule has 5 nitrogen and oxygen atoms in total. The summed E-state index contributed by atoms with van der Waals surface area (Å²) in [6, 6.07) is 13.1. The van der Waals surface area contributed by atoms with Gasteiger partial charge in [-0.25, -0.2) is 13.2 Å². The average Bonchev–Trinajstić information content (AvgIpc) is 2.68. The summed E-state index contributed by atoms with van der Waals surface area (Å²) < 4.78 is 45.5. The van der Waals surface area contributed by atoms with Crippen LogP contribution in [0.1, 0.15) is 15.9 Å². The smallest absolute Gasteiger partial charge is 0.258 e. The zero-order chi connectivity index (χ0) is 21.0. The fraction of sp³-hybridized carbons (Fsp3) is 0.0952. The lowest BCUT2D eigenvalue weighted by molar-refractivity contribution is 0.102. The van der Waals surface area contributed by atoms with Crippen molar-refractivity contribution in [1.82, 2.24) is 0 Å². The Labute approximate surface area is 164 Å². The Balaban J connectivity index is 1.63. The zero-order valence-corrected chi connectivity index (χ0v) is 15.3. The molecule has 0 aliphatic heterocycles. The molecule has 29 heavy (non-hydrogen) atoms. The van der Waals surface area contributed by atoms with E-state index in [-0.39, 0.29) is 18.2 Å². The Morgan fingerprint density at radius 2 is 1.83 bits per heavy atom. The predicted octanol–water partition coefficient (Wildman–Crippen LogP) is 4.82. The molecule has 0 spiro atoms. The molecule has 0 saturated carbocycles. The van der Waals surface area contributed by atoms with Crippen LogP contribution in [0.25, 0.3) is 0 Å². The number of aromatic hydroxyl groups is 1. The highest BCUT2D eigenvalue weighted by Crippen LogP contribution is 2.27. The second-order valence-corrected chi connectivity index (χ2v) is 6.19. The molecule has 0 aliphatic rings. The summed E-state index contributed by atoms with van der Waals surface area (Å²) >= 11 is 0. The van der Waals surface area contributed by atoms with Gasteiger partial charge in [0.1, 0.15) is 11.5 Å². The summed E-state index contributed by atoms with van der Waals surface area (Å²) in [5, 5.41) is 15.3. The Morgan fingerprint density at radius 3 is 2.55 bits per heavy atom. The van der Waals surface area contributed by atoms with Crippen LogP contribution < -0.4 is 15.4 Å². The molecule has 0 saturated heterocycles. The molecule has 3 rings (SSSR count). The maximum absolute atomic E-state index is 13.7. The molecule has 0 atom stereocenters. The van der Waals surface area contributed by atoms with Crippen LogP contribution in [0.4, 0.5) is 24.5 Å². The number of carbonyl (C=O) groups is 1. The summed E-state index contributed by atoms with van der Waals surface area (Å²) in [5.41, 5.74) is 0.872. The van der Waals surface area contributed by atoms with Gasteiger partial charge in [0.05, 0.1) is 11.3 Å². The normalized spacial score (nSPS) is 10.5. The van der Waals surface area contributed by atoms with E-state index in [0.29, 0.717) is 17.5 Å². The number of phenolic OH excluding ortho intramolecular Hbond substituents is 1. The molecular weight excluding hydrogens is 385 g/mol. The van der Waals surface area contributed by atoms with Gasteiger partial charge < -0.3 is 20.5 Å². The van der Waals surface area contributed by atoms with Crippen LogP contribution >= 0.6 is 0 Å². The number of benzene rings is 3. The van der Waals surface area contributed by atoms with Crippen molar-refractivity contribution in [3.05, 3.63) is 83.2 Å². The minimum absolute atomic E-state index is 0.0861. The maximum Gasteiger partial charge on any atom is 0.258 e. The first-order valence-electron chi connectivity index (χ1n) is 8.56. The van der Waals surface area contributed by atoms with Gasteiger partial charge in [-0.15, -0.1) is 0 Å². The van der Waals surface area contributed by atoms with Crippen molar-refractivity contribution >= 4 is 17.3 Å². The van der Waals surface area contributed by atoms with E-state index in [9.17, 15) is 23.1 Å². The highest BCUT2D eigenvalue weighted by Gasteiger charge is 2.19. The largest absolute Gasteiger partial charge is 0.506 e. The second kappa shape index (κ2) is 8.55. The number of hydrogen-bond acceptors (Lipinski definition) is 4. The molecule has 0 aromatic heterocycles. The van der Waals surface area contributed by atoms with Crippen molar-refractivity contribution in [1.29, 1.82) is 0 Å². The number of nitrogens with one attached hydrogen (secondary N) is 2. The van der Waals surface area contributed by atoms with E-state index in [1.807, 2.05) is 25.1 Å². The summed E-state index contributed by atoms with van der Waals surface area (Å²) in [5.74, 6) is -5.22. The topological polar surface area (TPSA) is 70.6 Å². The summed E-state index contributed by atoms with van der Waals surface area (Å²) in [6.45, 7) is 2.02. The Morgan fingerprint density at radius 1 is 1.03 bits per heavy atom. The lowest BCUT2D eigenvalue weighted by Crippen LogP contribution is -2.15. The first-order chi connectivity index (χ1) is 13.8. The number of phenols is 1. The first-order valence-corrected chi connectivity index (χ1v) is 8.56. The average molecular weight is 402 g/mol. The molecule has 0 aliphatic carbocycles. The molecular formula is C21H17F3N2O3.